The van der Waals surface area contributed by atoms with Gasteiger partial charge in [-0.3, -0.25) is 9.59 Å². The molecule has 1 saturated heterocycles. The van der Waals surface area contributed by atoms with Crippen LogP contribution in [0.3, 0.4) is 0 Å². The quantitative estimate of drug-likeness (QED) is 0.694. The van der Waals surface area contributed by atoms with Crippen molar-refractivity contribution < 1.29 is 9.59 Å². The third kappa shape index (κ3) is 3.81. The molecule has 0 radical (unpaired) electrons. The first kappa shape index (κ1) is 13.0. The highest BCUT2D eigenvalue weighted by molar-refractivity contribution is 5.78. The lowest BCUT2D eigenvalue weighted by atomic mass is 10.0. The molecule has 0 saturated carbocycles. The van der Waals surface area contributed by atoms with Gasteiger partial charge in [0.25, 0.3) is 0 Å². The van der Waals surface area contributed by atoms with E-state index < -0.39 is 0 Å². The van der Waals surface area contributed by atoms with Crippen molar-refractivity contribution in [2.75, 3.05) is 26.7 Å². The average molecular weight is 227 g/mol. The van der Waals surface area contributed by atoms with E-state index in [4.69, 9.17) is 0 Å². The molecule has 2 N–H and O–H groups in total. The zero-order valence-corrected chi connectivity index (χ0v) is 10.1. The molecular formula is C11H21N3O2. The lowest BCUT2D eigenvalue weighted by Gasteiger charge is -2.32. The van der Waals surface area contributed by atoms with Crippen molar-refractivity contribution in [1.82, 2.24) is 15.5 Å². The lowest BCUT2D eigenvalue weighted by Crippen LogP contribution is -2.48. The summed E-state index contributed by atoms with van der Waals surface area (Å²) in [7, 11) is 1.77. The van der Waals surface area contributed by atoms with Crippen molar-refractivity contribution in [2.45, 2.75) is 32.2 Å². The highest BCUT2D eigenvalue weighted by atomic mass is 16.2. The Labute approximate surface area is 96.6 Å². The van der Waals surface area contributed by atoms with Gasteiger partial charge < -0.3 is 15.5 Å². The van der Waals surface area contributed by atoms with E-state index in [1.807, 2.05) is 11.8 Å². The lowest BCUT2D eigenvalue weighted by molar-refractivity contribution is -0.131. The highest BCUT2D eigenvalue weighted by Gasteiger charge is 2.22. The van der Waals surface area contributed by atoms with Gasteiger partial charge in [-0.15, -0.1) is 0 Å². The normalized spacial score (nSPS) is 17.2. The molecule has 5 nitrogen and oxygen atoms in total. The first-order valence-corrected chi connectivity index (χ1v) is 5.89. The molecule has 2 amide bonds. The van der Waals surface area contributed by atoms with Gasteiger partial charge in [-0.1, -0.05) is 6.92 Å². The molecule has 1 heterocycles. The number of likely N-dealkylation sites (tertiary alicyclic amines) is 1. The summed E-state index contributed by atoms with van der Waals surface area (Å²) in [5, 5.41) is 5.82. The molecule has 1 rings (SSSR count). The first-order chi connectivity index (χ1) is 7.67. The van der Waals surface area contributed by atoms with Crippen LogP contribution in [0.1, 0.15) is 26.2 Å². The van der Waals surface area contributed by atoms with Gasteiger partial charge in [-0.05, 0) is 19.9 Å². The van der Waals surface area contributed by atoms with E-state index >= 15 is 0 Å². The molecule has 1 aliphatic rings. The predicted molar refractivity (Wildman–Crippen MR) is 62.0 cm³/mol. The van der Waals surface area contributed by atoms with Gasteiger partial charge in [-0.25, -0.2) is 0 Å². The number of carbonyl (C=O) groups is 2. The zero-order chi connectivity index (χ0) is 12.0. The van der Waals surface area contributed by atoms with Crippen LogP contribution in [0.5, 0.6) is 0 Å². The maximum Gasteiger partial charge on any atom is 0.236 e. The minimum atomic E-state index is 0.0972. The van der Waals surface area contributed by atoms with Crippen molar-refractivity contribution in [3.05, 3.63) is 0 Å². The van der Waals surface area contributed by atoms with Crippen molar-refractivity contribution >= 4 is 11.8 Å². The van der Waals surface area contributed by atoms with Gasteiger partial charge in [-0.2, -0.15) is 0 Å². The van der Waals surface area contributed by atoms with E-state index in [1.54, 1.807) is 7.05 Å². The molecule has 0 atom stereocenters. The van der Waals surface area contributed by atoms with Gasteiger partial charge in [0, 0.05) is 25.6 Å². The van der Waals surface area contributed by atoms with Crippen LogP contribution < -0.4 is 10.6 Å². The topological polar surface area (TPSA) is 61.4 Å². The fourth-order valence-corrected chi connectivity index (χ4v) is 1.87. The molecule has 92 valence electrons. The Morgan fingerprint density at radius 3 is 2.44 bits per heavy atom. The predicted octanol–water partition coefficient (Wildman–Crippen LogP) is -0.277. The zero-order valence-electron chi connectivity index (χ0n) is 10.1. The number of nitrogens with one attached hydrogen (secondary N) is 2. The summed E-state index contributed by atoms with van der Waals surface area (Å²) in [6.07, 6.45) is 2.25. The smallest absolute Gasteiger partial charge is 0.236 e. The second-order valence-corrected chi connectivity index (χ2v) is 4.11. The molecule has 0 aromatic rings. The highest BCUT2D eigenvalue weighted by Crippen LogP contribution is 2.10. The molecule has 0 aromatic heterocycles. The van der Waals surface area contributed by atoms with E-state index in [0.717, 1.165) is 25.9 Å². The van der Waals surface area contributed by atoms with Crippen LogP contribution in [0.15, 0.2) is 0 Å². The van der Waals surface area contributed by atoms with Crippen LogP contribution in [0.2, 0.25) is 0 Å². The molecular weight excluding hydrogens is 206 g/mol. The summed E-state index contributed by atoms with van der Waals surface area (Å²) in [4.78, 5) is 24.6. The van der Waals surface area contributed by atoms with E-state index in [9.17, 15) is 9.59 Å². The van der Waals surface area contributed by atoms with Crippen LogP contribution in [0.25, 0.3) is 0 Å². The minimum absolute atomic E-state index is 0.0972. The number of hydrogen-bond acceptors (Lipinski definition) is 3. The van der Waals surface area contributed by atoms with Gasteiger partial charge >= 0.3 is 0 Å². The summed E-state index contributed by atoms with van der Waals surface area (Å²) in [5.74, 6) is 0.239. The Morgan fingerprint density at radius 2 is 1.94 bits per heavy atom. The Bertz CT molecular complexity index is 248. The largest absolute Gasteiger partial charge is 0.353 e. The molecule has 5 heteroatoms. The van der Waals surface area contributed by atoms with Gasteiger partial charge in [0.05, 0.1) is 6.54 Å². The second kappa shape index (κ2) is 6.48. The molecule has 0 aromatic carbocycles. The van der Waals surface area contributed by atoms with Gasteiger partial charge in [0.15, 0.2) is 0 Å². The number of likely N-dealkylation sites (N-methyl/N-ethyl adjacent to an activating group) is 1. The fraction of sp³-hybridized carbons (Fsp3) is 0.818. The van der Waals surface area contributed by atoms with Gasteiger partial charge in [0.1, 0.15) is 0 Å². The third-order valence-electron chi connectivity index (χ3n) is 2.86. The maximum absolute atomic E-state index is 11.6. The SMILES string of the molecule is CCC(=O)NC1CCN(C(=O)CNC)CC1. The molecule has 16 heavy (non-hydrogen) atoms. The Morgan fingerprint density at radius 1 is 1.31 bits per heavy atom. The summed E-state index contributed by atoms with van der Waals surface area (Å²) in [6.45, 7) is 3.73. The van der Waals surface area contributed by atoms with E-state index in [2.05, 4.69) is 10.6 Å². The maximum atomic E-state index is 11.6. The van der Waals surface area contributed by atoms with Crippen molar-refractivity contribution in [3.63, 3.8) is 0 Å². The molecule has 0 aliphatic carbocycles. The van der Waals surface area contributed by atoms with Crippen LogP contribution in [0, 0.1) is 0 Å². The number of piperidine rings is 1. The average Bonchev–Trinajstić information content (AvgIpc) is 2.30. The number of nitrogens with zero attached hydrogens (tertiary/aromatic N) is 1. The van der Waals surface area contributed by atoms with Crippen molar-refractivity contribution in [2.24, 2.45) is 0 Å². The van der Waals surface area contributed by atoms with Gasteiger partial charge in [0.2, 0.25) is 11.8 Å². The van der Waals surface area contributed by atoms with Crippen molar-refractivity contribution in [3.8, 4) is 0 Å². The standard InChI is InChI=1S/C11H21N3O2/c1-3-10(15)13-9-4-6-14(7-5-9)11(16)8-12-2/h9,12H,3-8H2,1-2H3,(H,13,15). The van der Waals surface area contributed by atoms with Crippen LogP contribution in [-0.4, -0.2) is 49.4 Å². The molecule has 1 aliphatic heterocycles. The third-order valence-corrected chi connectivity index (χ3v) is 2.86. The summed E-state index contributed by atoms with van der Waals surface area (Å²) >= 11 is 0. The van der Waals surface area contributed by atoms with E-state index in [-0.39, 0.29) is 17.9 Å². The Balaban J connectivity index is 2.28. The fourth-order valence-electron chi connectivity index (χ4n) is 1.87. The number of amides is 2. The number of carbonyl (C=O) groups excluding carboxylic acids is 2. The number of hydrogen-bond donors (Lipinski definition) is 2. The second-order valence-electron chi connectivity index (χ2n) is 4.11. The number of rotatable bonds is 4. The molecule has 0 unspecified atom stereocenters. The van der Waals surface area contributed by atoms with E-state index in [1.165, 1.54) is 0 Å². The molecule has 0 spiro atoms. The first-order valence-electron chi connectivity index (χ1n) is 5.89. The Hall–Kier alpha value is -1.10. The molecule has 1 fully saturated rings. The van der Waals surface area contributed by atoms with Crippen molar-refractivity contribution in [1.29, 1.82) is 0 Å². The van der Waals surface area contributed by atoms with E-state index in [0.29, 0.717) is 13.0 Å². The summed E-state index contributed by atoms with van der Waals surface area (Å²) in [6, 6.07) is 0.242. The van der Waals surface area contributed by atoms with Crippen LogP contribution in [0.4, 0.5) is 0 Å². The summed E-state index contributed by atoms with van der Waals surface area (Å²) in [5.41, 5.74) is 0. The Kier molecular flexibility index (Phi) is 5.25. The minimum Gasteiger partial charge on any atom is -0.353 e. The van der Waals surface area contributed by atoms with Crippen LogP contribution in [-0.2, 0) is 9.59 Å². The monoisotopic (exact) mass is 227 g/mol. The van der Waals surface area contributed by atoms with Crippen LogP contribution >= 0.6 is 0 Å². The molecule has 0 bridgehead atoms. The summed E-state index contributed by atoms with van der Waals surface area (Å²) < 4.78 is 0.